The summed E-state index contributed by atoms with van der Waals surface area (Å²) in [5.74, 6) is 0.0153. The molecule has 0 spiro atoms. The lowest BCUT2D eigenvalue weighted by atomic mass is 10.2. The van der Waals surface area contributed by atoms with Gasteiger partial charge in [0, 0.05) is 22.7 Å². The molecule has 150 valence electrons. The molecule has 1 N–H and O–H groups in total. The first-order valence-electron chi connectivity index (χ1n) is 9.03. The Kier molecular flexibility index (Phi) is 5.11. The molecule has 0 saturated heterocycles. The van der Waals surface area contributed by atoms with Gasteiger partial charge >= 0.3 is 0 Å². The van der Waals surface area contributed by atoms with Crippen molar-refractivity contribution in [1.82, 2.24) is 9.55 Å². The van der Waals surface area contributed by atoms with E-state index in [2.05, 4.69) is 10.3 Å². The number of nitrogens with one attached hydrogen (secondary N) is 1. The number of fused-ring (bicyclic) bond motifs is 1. The summed E-state index contributed by atoms with van der Waals surface area (Å²) in [6, 6.07) is 17.0. The van der Waals surface area contributed by atoms with Gasteiger partial charge in [-0.1, -0.05) is 30.3 Å². The summed E-state index contributed by atoms with van der Waals surface area (Å²) in [5.41, 5.74) is 1.06. The van der Waals surface area contributed by atoms with Crippen molar-refractivity contribution in [2.45, 2.75) is 13.5 Å². The Bertz CT molecular complexity index is 1310. The van der Waals surface area contributed by atoms with Gasteiger partial charge in [0.25, 0.3) is 11.2 Å². The van der Waals surface area contributed by atoms with Crippen LogP contribution in [0.1, 0.15) is 5.82 Å². The third kappa shape index (κ3) is 3.83. The second-order valence-corrected chi connectivity index (χ2v) is 7.63. The maximum Gasteiger partial charge on any atom is 0.269 e. The number of anilines is 1. The lowest BCUT2D eigenvalue weighted by Crippen LogP contribution is -2.29. The average molecular weight is 420 g/mol. The van der Waals surface area contributed by atoms with E-state index in [4.69, 9.17) is 0 Å². The minimum Gasteiger partial charge on any atom is -0.325 e. The van der Waals surface area contributed by atoms with Crippen LogP contribution in [0.5, 0.6) is 0 Å². The number of hydrogen-bond donors (Lipinski definition) is 1. The monoisotopic (exact) mass is 420 g/mol. The third-order valence-corrected chi connectivity index (χ3v) is 5.64. The number of carbonyl (C=O) groups is 1. The molecule has 0 bridgehead atoms. The highest BCUT2D eigenvalue weighted by molar-refractivity contribution is 7.21. The molecule has 0 fully saturated rings. The molecule has 0 radical (unpaired) electrons. The van der Waals surface area contributed by atoms with E-state index in [-0.39, 0.29) is 17.8 Å². The number of benzene rings is 2. The third-order valence-electron chi connectivity index (χ3n) is 4.56. The van der Waals surface area contributed by atoms with E-state index in [0.717, 1.165) is 10.4 Å². The molecule has 0 aliphatic rings. The maximum absolute atomic E-state index is 13.0. The maximum atomic E-state index is 13.0. The first-order valence-corrected chi connectivity index (χ1v) is 9.85. The number of amides is 1. The molecule has 4 rings (SSSR count). The molecule has 2 heterocycles. The fourth-order valence-electron chi connectivity index (χ4n) is 3.06. The highest BCUT2D eigenvalue weighted by Crippen LogP contribution is 2.30. The van der Waals surface area contributed by atoms with Gasteiger partial charge in [0.2, 0.25) is 5.91 Å². The summed E-state index contributed by atoms with van der Waals surface area (Å²) in [4.78, 5) is 41.7. The molecule has 0 unspecified atom stereocenters. The van der Waals surface area contributed by atoms with E-state index in [1.807, 2.05) is 30.3 Å². The Morgan fingerprint density at radius 2 is 1.87 bits per heavy atom. The number of rotatable bonds is 5. The Labute approximate surface area is 174 Å². The smallest absolute Gasteiger partial charge is 0.269 e. The number of carbonyl (C=O) groups excluding carboxylic acids is 1. The van der Waals surface area contributed by atoms with Crippen LogP contribution in [0.4, 0.5) is 11.4 Å². The minimum absolute atomic E-state index is 0.0682. The Hall–Kier alpha value is -3.85. The SMILES string of the molecule is Cc1nc2sc(-c3ccccc3)cc2c(=O)n1CC(=O)Nc1ccc([N+](=O)[O-])cc1. The van der Waals surface area contributed by atoms with Gasteiger partial charge in [0.05, 0.1) is 10.3 Å². The van der Waals surface area contributed by atoms with Crippen LogP contribution in [-0.2, 0) is 11.3 Å². The van der Waals surface area contributed by atoms with Crippen molar-refractivity contribution in [3.63, 3.8) is 0 Å². The van der Waals surface area contributed by atoms with Crippen molar-refractivity contribution in [1.29, 1.82) is 0 Å². The summed E-state index contributed by atoms with van der Waals surface area (Å²) in [7, 11) is 0. The van der Waals surface area contributed by atoms with Crippen molar-refractivity contribution in [2.75, 3.05) is 5.32 Å². The zero-order valence-corrected chi connectivity index (χ0v) is 16.7. The standard InChI is InChI=1S/C21H16N4O4S/c1-13-22-20-17(11-18(30-20)14-5-3-2-4-6-14)21(27)24(13)12-19(26)23-15-7-9-16(10-8-15)25(28)29/h2-11H,12H2,1H3,(H,23,26). The lowest BCUT2D eigenvalue weighted by Gasteiger charge is -2.10. The second kappa shape index (κ2) is 7.88. The van der Waals surface area contributed by atoms with Crippen LogP contribution in [0.2, 0.25) is 0 Å². The first kappa shape index (κ1) is 19.5. The van der Waals surface area contributed by atoms with Gasteiger partial charge in [0.1, 0.15) is 17.2 Å². The van der Waals surface area contributed by atoms with E-state index in [9.17, 15) is 19.7 Å². The van der Waals surface area contributed by atoms with Gasteiger partial charge < -0.3 is 5.32 Å². The molecule has 1 amide bonds. The first-order chi connectivity index (χ1) is 14.4. The van der Waals surface area contributed by atoms with Crippen LogP contribution in [0, 0.1) is 17.0 Å². The Morgan fingerprint density at radius 1 is 1.17 bits per heavy atom. The van der Waals surface area contributed by atoms with Gasteiger partial charge in [-0.15, -0.1) is 11.3 Å². The normalized spacial score (nSPS) is 10.8. The molecule has 0 aliphatic carbocycles. The van der Waals surface area contributed by atoms with Crippen molar-refractivity contribution in [3.05, 3.63) is 87.0 Å². The number of thiophene rings is 1. The molecule has 2 aromatic carbocycles. The summed E-state index contributed by atoms with van der Waals surface area (Å²) in [5, 5.41) is 13.8. The van der Waals surface area contributed by atoms with Crippen molar-refractivity contribution < 1.29 is 9.72 Å². The minimum atomic E-state index is -0.514. The number of non-ortho nitro benzene ring substituents is 1. The van der Waals surface area contributed by atoms with Crippen LogP contribution in [0.25, 0.3) is 20.7 Å². The molecule has 4 aromatic rings. The van der Waals surface area contributed by atoms with Gasteiger partial charge in [0.15, 0.2) is 0 Å². The fourth-order valence-corrected chi connectivity index (χ4v) is 4.13. The zero-order valence-electron chi connectivity index (χ0n) is 15.9. The summed E-state index contributed by atoms with van der Waals surface area (Å²) in [6.07, 6.45) is 0. The second-order valence-electron chi connectivity index (χ2n) is 6.60. The Morgan fingerprint density at radius 3 is 2.53 bits per heavy atom. The molecular formula is C21H16N4O4S. The molecule has 2 aromatic heterocycles. The fraction of sp³-hybridized carbons (Fsp3) is 0.0952. The van der Waals surface area contributed by atoms with E-state index < -0.39 is 10.8 Å². The van der Waals surface area contributed by atoms with E-state index in [1.165, 1.54) is 40.2 Å². The van der Waals surface area contributed by atoms with Gasteiger partial charge in [-0.05, 0) is 30.7 Å². The number of hydrogen-bond acceptors (Lipinski definition) is 6. The molecule has 9 heteroatoms. The molecule has 0 aliphatic heterocycles. The van der Waals surface area contributed by atoms with Crippen molar-refractivity contribution >= 4 is 38.8 Å². The number of aryl methyl sites for hydroxylation is 1. The van der Waals surface area contributed by atoms with Crippen molar-refractivity contribution in [3.8, 4) is 10.4 Å². The largest absolute Gasteiger partial charge is 0.325 e. The quantitative estimate of drug-likeness (QED) is 0.388. The number of nitro benzene ring substituents is 1. The van der Waals surface area contributed by atoms with Crippen LogP contribution < -0.4 is 10.9 Å². The molecule has 30 heavy (non-hydrogen) atoms. The highest BCUT2D eigenvalue weighted by Gasteiger charge is 2.15. The highest BCUT2D eigenvalue weighted by atomic mass is 32.1. The number of nitrogens with zero attached hydrogens (tertiary/aromatic N) is 3. The number of aromatic nitrogens is 2. The van der Waals surface area contributed by atoms with Crippen molar-refractivity contribution in [2.24, 2.45) is 0 Å². The zero-order chi connectivity index (χ0) is 21.3. The average Bonchev–Trinajstić information content (AvgIpc) is 3.16. The Balaban J connectivity index is 1.60. The molecule has 8 nitrogen and oxygen atoms in total. The predicted molar refractivity (Wildman–Crippen MR) is 116 cm³/mol. The number of nitro groups is 1. The lowest BCUT2D eigenvalue weighted by molar-refractivity contribution is -0.384. The van der Waals surface area contributed by atoms with Crippen LogP contribution in [0.3, 0.4) is 0 Å². The predicted octanol–water partition coefficient (Wildman–Crippen LogP) is 3.98. The van der Waals surface area contributed by atoms with E-state index in [1.54, 1.807) is 13.0 Å². The summed E-state index contributed by atoms with van der Waals surface area (Å²) < 4.78 is 1.32. The molecular weight excluding hydrogens is 404 g/mol. The van der Waals surface area contributed by atoms with Crippen LogP contribution in [-0.4, -0.2) is 20.4 Å². The van der Waals surface area contributed by atoms with Gasteiger partial charge in [-0.2, -0.15) is 0 Å². The van der Waals surface area contributed by atoms with Gasteiger partial charge in [-0.3, -0.25) is 24.3 Å². The summed E-state index contributed by atoms with van der Waals surface area (Å²) >= 11 is 1.43. The van der Waals surface area contributed by atoms with Crippen LogP contribution in [0.15, 0.2) is 65.5 Å². The van der Waals surface area contributed by atoms with E-state index in [0.29, 0.717) is 21.7 Å². The molecule has 0 atom stereocenters. The van der Waals surface area contributed by atoms with Gasteiger partial charge in [-0.25, -0.2) is 4.98 Å². The van der Waals surface area contributed by atoms with Crippen LogP contribution >= 0.6 is 11.3 Å². The molecule has 0 saturated carbocycles. The van der Waals surface area contributed by atoms with E-state index >= 15 is 0 Å². The topological polar surface area (TPSA) is 107 Å². The summed E-state index contributed by atoms with van der Waals surface area (Å²) in [6.45, 7) is 1.48.